The molecular weight excluding hydrogens is 240 g/mol. The standard InChI is InChI=1S/C10H12N4O2S/c1-14-7-8(6-12-14)17(15,16)13-10-5-3-2-4-9(10)11/h2-7,13H,11H2,1H3. The van der Waals surface area contributed by atoms with Gasteiger partial charge in [-0.15, -0.1) is 0 Å². The maximum atomic E-state index is 11.9. The number of sulfonamides is 1. The summed E-state index contributed by atoms with van der Waals surface area (Å²) in [6.07, 6.45) is 2.70. The molecular formula is C10H12N4O2S. The van der Waals surface area contributed by atoms with Crippen LogP contribution in [0.15, 0.2) is 41.6 Å². The third-order valence-corrected chi connectivity index (χ3v) is 3.52. The van der Waals surface area contributed by atoms with Gasteiger partial charge in [0.2, 0.25) is 0 Å². The number of hydrogen-bond donors (Lipinski definition) is 2. The van der Waals surface area contributed by atoms with Crippen molar-refractivity contribution in [2.75, 3.05) is 10.5 Å². The highest BCUT2D eigenvalue weighted by molar-refractivity contribution is 7.92. The zero-order valence-corrected chi connectivity index (χ0v) is 9.98. The summed E-state index contributed by atoms with van der Waals surface area (Å²) in [5, 5.41) is 3.81. The Hall–Kier alpha value is -2.02. The molecule has 2 rings (SSSR count). The topological polar surface area (TPSA) is 90.0 Å². The molecule has 0 unspecified atom stereocenters. The fourth-order valence-corrected chi connectivity index (χ4v) is 2.40. The predicted octanol–water partition coefficient (Wildman–Crippen LogP) is 0.803. The van der Waals surface area contributed by atoms with E-state index >= 15 is 0 Å². The predicted molar refractivity (Wildman–Crippen MR) is 64.9 cm³/mol. The number of para-hydroxylation sites is 2. The smallest absolute Gasteiger partial charge is 0.265 e. The third kappa shape index (κ3) is 2.39. The van der Waals surface area contributed by atoms with Crippen LogP contribution in [0.2, 0.25) is 0 Å². The van der Waals surface area contributed by atoms with E-state index in [1.807, 2.05) is 0 Å². The highest BCUT2D eigenvalue weighted by Gasteiger charge is 2.16. The van der Waals surface area contributed by atoms with E-state index in [-0.39, 0.29) is 4.90 Å². The van der Waals surface area contributed by atoms with E-state index in [0.29, 0.717) is 11.4 Å². The largest absolute Gasteiger partial charge is 0.397 e. The second-order valence-electron chi connectivity index (χ2n) is 3.54. The number of anilines is 2. The first-order valence-corrected chi connectivity index (χ1v) is 6.33. The van der Waals surface area contributed by atoms with Crippen LogP contribution in [0, 0.1) is 0 Å². The van der Waals surface area contributed by atoms with Gasteiger partial charge in [-0.2, -0.15) is 5.10 Å². The number of aryl methyl sites for hydroxylation is 1. The molecule has 0 amide bonds. The third-order valence-electron chi connectivity index (χ3n) is 2.20. The zero-order valence-electron chi connectivity index (χ0n) is 9.16. The molecule has 0 saturated heterocycles. The van der Waals surface area contributed by atoms with Crippen LogP contribution in [0.4, 0.5) is 11.4 Å². The molecule has 1 aromatic carbocycles. The summed E-state index contributed by atoms with van der Waals surface area (Å²) in [7, 11) is -1.98. The SMILES string of the molecule is Cn1cc(S(=O)(=O)Nc2ccccc2N)cn1. The van der Waals surface area contributed by atoms with Gasteiger partial charge in [0, 0.05) is 13.2 Å². The summed E-state index contributed by atoms with van der Waals surface area (Å²) in [5.41, 5.74) is 6.40. The van der Waals surface area contributed by atoms with E-state index in [0.717, 1.165) is 0 Å². The van der Waals surface area contributed by atoms with E-state index < -0.39 is 10.0 Å². The van der Waals surface area contributed by atoms with E-state index in [1.165, 1.54) is 17.1 Å². The van der Waals surface area contributed by atoms with Crippen LogP contribution in [0.5, 0.6) is 0 Å². The van der Waals surface area contributed by atoms with Gasteiger partial charge in [-0.25, -0.2) is 8.42 Å². The summed E-state index contributed by atoms with van der Waals surface area (Å²) >= 11 is 0. The van der Waals surface area contributed by atoms with Gasteiger partial charge in [-0.05, 0) is 12.1 Å². The molecule has 90 valence electrons. The first kappa shape index (κ1) is 11.5. The van der Waals surface area contributed by atoms with E-state index in [4.69, 9.17) is 5.73 Å². The Kier molecular flexibility index (Phi) is 2.76. The minimum absolute atomic E-state index is 0.100. The molecule has 3 N–H and O–H groups in total. The van der Waals surface area contributed by atoms with Crippen LogP contribution in [0.25, 0.3) is 0 Å². The van der Waals surface area contributed by atoms with E-state index in [9.17, 15) is 8.42 Å². The van der Waals surface area contributed by atoms with Gasteiger partial charge in [-0.1, -0.05) is 12.1 Å². The number of nitrogen functional groups attached to an aromatic ring is 1. The Bertz CT molecular complexity index is 633. The fraction of sp³-hybridized carbons (Fsp3) is 0.100. The summed E-state index contributed by atoms with van der Waals surface area (Å²) in [6.45, 7) is 0. The van der Waals surface area contributed by atoms with Crippen LogP contribution in [-0.2, 0) is 17.1 Å². The number of rotatable bonds is 3. The second kappa shape index (κ2) is 4.10. The van der Waals surface area contributed by atoms with Crippen LogP contribution in [0.1, 0.15) is 0 Å². The molecule has 1 aromatic heterocycles. The van der Waals surface area contributed by atoms with Gasteiger partial charge in [0.15, 0.2) is 0 Å². The monoisotopic (exact) mass is 252 g/mol. The molecule has 2 aromatic rings. The van der Waals surface area contributed by atoms with E-state index in [2.05, 4.69) is 9.82 Å². The molecule has 0 radical (unpaired) electrons. The van der Waals surface area contributed by atoms with Crippen molar-refractivity contribution in [2.45, 2.75) is 4.90 Å². The van der Waals surface area contributed by atoms with Gasteiger partial charge >= 0.3 is 0 Å². The van der Waals surface area contributed by atoms with Crippen LogP contribution < -0.4 is 10.5 Å². The number of nitrogens with one attached hydrogen (secondary N) is 1. The zero-order chi connectivity index (χ0) is 12.5. The second-order valence-corrected chi connectivity index (χ2v) is 5.22. The minimum Gasteiger partial charge on any atom is -0.397 e. The van der Waals surface area contributed by atoms with Crippen molar-refractivity contribution >= 4 is 21.4 Å². The fourth-order valence-electron chi connectivity index (χ4n) is 1.33. The molecule has 0 spiro atoms. The van der Waals surface area contributed by atoms with Crippen LogP contribution in [-0.4, -0.2) is 18.2 Å². The molecule has 0 aliphatic carbocycles. The number of benzene rings is 1. The lowest BCUT2D eigenvalue weighted by molar-refractivity contribution is 0.601. The Morgan fingerprint density at radius 3 is 2.65 bits per heavy atom. The van der Waals surface area contributed by atoms with E-state index in [1.54, 1.807) is 31.3 Å². The molecule has 1 heterocycles. The Morgan fingerprint density at radius 1 is 1.35 bits per heavy atom. The maximum absolute atomic E-state index is 11.9. The van der Waals surface area contributed by atoms with Gasteiger partial charge < -0.3 is 5.73 Å². The first-order chi connectivity index (χ1) is 7.99. The lowest BCUT2D eigenvalue weighted by Gasteiger charge is -2.08. The van der Waals surface area contributed by atoms with Crippen molar-refractivity contribution in [2.24, 2.45) is 7.05 Å². The van der Waals surface area contributed by atoms with Gasteiger partial charge in [0.1, 0.15) is 4.90 Å². The molecule has 17 heavy (non-hydrogen) atoms. The Balaban J connectivity index is 2.33. The number of aromatic nitrogens is 2. The average molecular weight is 252 g/mol. The van der Waals surface area contributed by atoms with Crippen LogP contribution in [0.3, 0.4) is 0 Å². The maximum Gasteiger partial charge on any atom is 0.265 e. The van der Waals surface area contributed by atoms with Crippen molar-refractivity contribution in [3.8, 4) is 0 Å². The number of hydrogen-bond acceptors (Lipinski definition) is 4. The van der Waals surface area contributed by atoms with Gasteiger partial charge in [0.25, 0.3) is 10.0 Å². The van der Waals surface area contributed by atoms with Crippen molar-refractivity contribution < 1.29 is 8.42 Å². The summed E-state index contributed by atoms with van der Waals surface area (Å²) in [5.74, 6) is 0. The minimum atomic E-state index is -3.63. The summed E-state index contributed by atoms with van der Waals surface area (Å²) in [4.78, 5) is 0.100. The van der Waals surface area contributed by atoms with Crippen molar-refractivity contribution in [3.05, 3.63) is 36.7 Å². The normalized spacial score (nSPS) is 11.4. The Morgan fingerprint density at radius 2 is 2.06 bits per heavy atom. The summed E-state index contributed by atoms with van der Waals surface area (Å²) < 4.78 is 27.7. The average Bonchev–Trinajstić information content (AvgIpc) is 2.69. The van der Waals surface area contributed by atoms with Crippen molar-refractivity contribution in [3.63, 3.8) is 0 Å². The molecule has 0 aliphatic rings. The molecule has 0 atom stereocenters. The lowest BCUT2D eigenvalue weighted by atomic mass is 10.3. The summed E-state index contributed by atoms with van der Waals surface area (Å²) in [6, 6.07) is 6.67. The van der Waals surface area contributed by atoms with Crippen molar-refractivity contribution in [1.82, 2.24) is 9.78 Å². The number of nitrogens with zero attached hydrogens (tertiary/aromatic N) is 2. The van der Waals surface area contributed by atoms with Gasteiger partial charge in [-0.3, -0.25) is 9.40 Å². The molecule has 0 bridgehead atoms. The molecule has 0 aliphatic heterocycles. The molecule has 0 fully saturated rings. The van der Waals surface area contributed by atoms with Crippen LogP contribution >= 0.6 is 0 Å². The van der Waals surface area contributed by atoms with Crippen molar-refractivity contribution in [1.29, 1.82) is 0 Å². The number of nitrogens with two attached hydrogens (primary N) is 1. The first-order valence-electron chi connectivity index (χ1n) is 4.85. The van der Waals surface area contributed by atoms with Gasteiger partial charge in [0.05, 0.1) is 17.6 Å². The highest BCUT2D eigenvalue weighted by atomic mass is 32.2. The Labute approximate surface area is 99.1 Å². The molecule has 7 heteroatoms. The highest BCUT2D eigenvalue weighted by Crippen LogP contribution is 2.20. The molecule has 6 nitrogen and oxygen atoms in total. The quantitative estimate of drug-likeness (QED) is 0.791. The molecule has 0 saturated carbocycles. The lowest BCUT2D eigenvalue weighted by Crippen LogP contribution is -2.13.